The standard InChI is InChI=1S/2C26H46Si2.2S2.2Ti/c2*1-17(2)27(18(3)4,19(5)6)25-15-13-24-23(25)14-16-26(24)28(20(7)8,21(9)10)22(11)12;2*1-2;;/h2*13-22H,1-12H3;;;;/q;;2*-2;2*+2. The van der Waals surface area contributed by atoms with E-state index in [0.29, 0.717) is 0 Å². The summed E-state index contributed by atoms with van der Waals surface area (Å²) in [6, 6.07) is 20.3. The van der Waals surface area contributed by atoms with Gasteiger partial charge < -0.3 is 46.6 Å². The molecule has 0 aliphatic rings. The molecule has 4 rings (SSSR count). The molecule has 0 aliphatic carbocycles. The van der Waals surface area contributed by atoms with Crippen molar-refractivity contribution in [2.45, 2.75) is 233 Å². The minimum Gasteiger partial charge on any atom is -1.00 e. The minimum atomic E-state index is -1.63. The average molecular weight is 1050 g/mol. The van der Waals surface area contributed by atoms with Gasteiger partial charge in [0, 0.05) is 0 Å². The number of hydrogen-bond acceptors (Lipinski definition) is 4. The summed E-state index contributed by atoms with van der Waals surface area (Å²) in [5, 5.41) is 13.4. The SMILES string of the molecule is CC(C)[Si]([c+]1cc[c-]2[c+]([Si](C(C)C)(C(C)C)C(C)C)cc[c-]12)(C(C)C)C(C)C.CC(C)[Si]([c+]1cc[c-]2[c+]([Si](C(C)C)(C(C)C)C(C)C)cc[c-]12)(C(C)C)C(C)C.[S-][S-].[S-][S-].[Ti+2].[Ti+2]. The van der Waals surface area contributed by atoms with Crippen molar-refractivity contribution >= 4 is 121 Å². The van der Waals surface area contributed by atoms with Gasteiger partial charge >= 0.3 is 43.4 Å². The summed E-state index contributed by atoms with van der Waals surface area (Å²) in [5.74, 6) is 0. The van der Waals surface area contributed by atoms with Gasteiger partial charge in [-0.25, -0.2) is 0 Å². The molecule has 0 fully saturated rings. The van der Waals surface area contributed by atoms with Gasteiger partial charge in [0.2, 0.25) is 0 Å². The summed E-state index contributed by atoms with van der Waals surface area (Å²) in [4.78, 5) is 0. The van der Waals surface area contributed by atoms with Crippen LogP contribution >= 0.6 is 0 Å². The molecule has 0 spiro atoms. The maximum Gasteiger partial charge on any atom is 2.00 e. The molecule has 0 radical (unpaired) electrons. The zero-order valence-corrected chi connectivity index (χ0v) is 54.6. The van der Waals surface area contributed by atoms with E-state index in [2.05, 4.69) is 261 Å². The van der Waals surface area contributed by atoms with Crippen molar-refractivity contribution in [3.63, 3.8) is 0 Å². The minimum absolute atomic E-state index is 0. The van der Waals surface area contributed by atoms with E-state index in [4.69, 9.17) is 0 Å². The van der Waals surface area contributed by atoms with Gasteiger partial charge in [-0.3, -0.25) is 0 Å². The second-order valence-corrected chi connectivity index (χ2v) is 45.7. The third kappa shape index (κ3) is 11.3. The van der Waals surface area contributed by atoms with Gasteiger partial charge in [-0.2, -0.15) is 0 Å². The molecule has 0 aromatic heterocycles. The summed E-state index contributed by atoms with van der Waals surface area (Å²) >= 11 is 14.7. The van der Waals surface area contributed by atoms with Crippen molar-refractivity contribution in [1.82, 2.24) is 0 Å². The fourth-order valence-corrected chi connectivity index (χ4v) is 43.3. The Bertz CT molecular complexity index is 1480. The zero-order chi connectivity index (χ0) is 47.2. The third-order valence-electron chi connectivity index (χ3n) is 16.7. The van der Waals surface area contributed by atoms with E-state index in [1.54, 1.807) is 42.3 Å². The zero-order valence-electron chi connectivity index (χ0n) is 44.2. The van der Waals surface area contributed by atoms with E-state index in [1.807, 2.05) is 0 Å². The molecule has 0 saturated carbocycles. The molecule has 0 bridgehead atoms. The van der Waals surface area contributed by atoms with Crippen LogP contribution in [0.2, 0.25) is 66.5 Å². The van der Waals surface area contributed by atoms with E-state index in [9.17, 15) is 0 Å². The molecule has 10 heteroatoms. The van der Waals surface area contributed by atoms with Crippen LogP contribution in [0, 0.1) is 0 Å². The van der Waals surface area contributed by atoms with E-state index in [1.165, 1.54) is 0 Å². The van der Waals surface area contributed by atoms with Crippen LogP contribution in [-0.4, -0.2) is 32.3 Å². The Morgan fingerprint density at radius 3 is 0.435 bits per heavy atom. The predicted octanol–water partition coefficient (Wildman–Crippen LogP) is 16.1. The third-order valence-corrected chi connectivity index (χ3v) is 45.1. The molecule has 0 heterocycles. The molecular formula is C52H92S4Si4Ti2. The smallest absolute Gasteiger partial charge is 1.00 e. The van der Waals surface area contributed by atoms with Crippen LogP contribution in [-0.2, 0) is 90.1 Å². The summed E-state index contributed by atoms with van der Waals surface area (Å²) < 4.78 is 0. The first-order valence-electron chi connectivity index (χ1n) is 23.8. The van der Waals surface area contributed by atoms with E-state index < -0.39 is 32.3 Å². The number of fused-ring (bicyclic) bond motifs is 2. The van der Waals surface area contributed by atoms with Gasteiger partial charge in [-0.05, 0) is 88.0 Å². The Morgan fingerprint density at radius 1 is 0.258 bits per heavy atom. The largest absolute Gasteiger partial charge is 2.00 e. The van der Waals surface area contributed by atoms with Crippen LogP contribution < -0.4 is 20.7 Å². The Hall–Kier alpha value is 1.62. The van der Waals surface area contributed by atoms with Crippen molar-refractivity contribution in [2.24, 2.45) is 0 Å². The van der Waals surface area contributed by atoms with Crippen molar-refractivity contribution in [1.29, 1.82) is 0 Å². The first kappa shape index (κ1) is 65.7. The summed E-state index contributed by atoms with van der Waals surface area (Å²) in [6.07, 6.45) is 0. The first-order chi connectivity index (χ1) is 27.7. The van der Waals surface area contributed by atoms with Crippen molar-refractivity contribution < 1.29 is 43.4 Å². The molecule has 0 amide bonds. The van der Waals surface area contributed by atoms with E-state index >= 15 is 0 Å². The van der Waals surface area contributed by atoms with Crippen LogP contribution in [0.3, 0.4) is 0 Å². The molecule has 0 N–H and O–H groups in total. The second-order valence-electron chi connectivity index (χ2n) is 22.2. The van der Waals surface area contributed by atoms with Gasteiger partial charge in [0.25, 0.3) is 0 Å². The monoisotopic (exact) mass is 1050 g/mol. The van der Waals surface area contributed by atoms with Gasteiger partial charge in [0.15, 0.2) is 0 Å². The van der Waals surface area contributed by atoms with E-state index in [-0.39, 0.29) is 43.4 Å². The molecule has 0 nitrogen and oxygen atoms in total. The molecule has 0 saturated heterocycles. The average Bonchev–Trinajstić information content (AvgIpc) is 3.92. The van der Waals surface area contributed by atoms with Crippen LogP contribution in [0.4, 0.5) is 0 Å². The molecule has 0 atom stereocenters. The topological polar surface area (TPSA) is 0 Å². The van der Waals surface area contributed by atoms with Crippen LogP contribution in [0.25, 0.3) is 21.5 Å². The van der Waals surface area contributed by atoms with Gasteiger partial charge in [0.1, 0.15) is 0 Å². The Balaban J connectivity index is 0. The Labute approximate surface area is 441 Å². The van der Waals surface area contributed by atoms with Crippen LogP contribution in [0.5, 0.6) is 0 Å². The molecule has 0 unspecified atom stereocenters. The quantitative estimate of drug-likeness (QED) is 0.0474. The Morgan fingerprint density at radius 2 is 0.355 bits per heavy atom. The van der Waals surface area contributed by atoms with Gasteiger partial charge in [-0.15, -0.1) is 0 Å². The van der Waals surface area contributed by atoms with E-state index in [0.717, 1.165) is 66.5 Å². The van der Waals surface area contributed by atoms with Crippen molar-refractivity contribution in [2.75, 3.05) is 0 Å². The van der Waals surface area contributed by atoms with Gasteiger partial charge in [0.05, 0.1) is 32.3 Å². The summed E-state index contributed by atoms with van der Waals surface area (Å²) in [5.41, 5.74) is 9.15. The number of rotatable bonds is 16. The molecular weight excluding hydrogens is 961 g/mol. The molecule has 4 aromatic carbocycles. The fourth-order valence-electron chi connectivity index (χ4n) is 15.6. The number of hydrogen-bond donors (Lipinski definition) is 0. The molecule has 62 heavy (non-hydrogen) atoms. The molecule has 4 aromatic rings. The van der Waals surface area contributed by atoms with Crippen molar-refractivity contribution in [3.8, 4) is 0 Å². The maximum atomic E-state index is 3.67. The van der Waals surface area contributed by atoms with Crippen LogP contribution in [0.1, 0.15) is 166 Å². The summed E-state index contributed by atoms with van der Waals surface area (Å²) in [7, 11) is -6.51. The maximum absolute atomic E-state index is 3.67. The van der Waals surface area contributed by atoms with Gasteiger partial charge in [-0.1, -0.05) is 235 Å². The Kier molecular flexibility index (Phi) is 28.7. The molecule has 0 aliphatic heterocycles. The molecule has 348 valence electrons. The van der Waals surface area contributed by atoms with Crippen molar-refractivity contribution in [3.05, 3.63) is 48.5 Å². The van der Waals surface area contributed by atoms with Crippen LogP contribution in [0.15, 0.2) is 48.5 Å². The predicted molar refractivity (Wildman–Crippen MR) is 302 cm³/mol. The fraction of sp³-hybridized carbons (Fsp3) is 0.692. The summed E-state index contributed by atoms with van der Waals surface area (Å²) in [6.45, 7) is 59.8. The normalized spacial score (nSPS) is 13.0. The second kappa shape index (κ2) is 27.1. The first-order valence-corrected chi connectivity index (χ1v) is 35.4.